The Morgan fingerprint density at radius 1 is 1.10 bits per heavy atom. The van der Waals surface area contributed by atoms with Crippen LogP contribution >= 0.6 is 0 Å². The SMILES string of the molecule is c1ccc(CN2CC3C(C2)C3Nc2cnccn2)cc1. The lowest BCUT2D eigenvalue weighted by Crippen LogP contribution is -2.27. The van der Waals surface area contributed by atoms with Crippen LogP contribution in [0.2, 0.25) is 0 Å². The summed E-state index contributed by atoms with van der Waals surface area (Å²) in [7, 11) is 0. The van der Waals surface area contributed by atoms with Crippen LogP contribution in [0.4, 0.5) is 5.82 Å². The lowest BCUT2D eigenvalue weighted by molar-refractivity contribution is 0.292. The number of aromatic nitrogens is 2. The molecule has 1 aliphatic carbocycles. The fourth-order valence-electron chi connectivity index (χ4n) is 3.34. The largest absolute Gasteiger partial charge is 0.365 e. The summed E-state index contributed by atoms with van der Waals surface area (Å²) in [6.07, 6.45) is 5.25. The summed E-state index contributed by atoms with van der Waals surface area (Å²) in [6, 6.07) is 11.3. The second kappa shape index (κ2) is 4.87. The summed E-state index contributed by atoms with van der Waals surface area (Å²) < 4.78 is 0. The van der Waals surface area contributed by atoms with E-state index < -0.39 is 0 Å². The number of anilines is 1. The van der Waals surface area contributed by atoms with Gasteiger partial charge in [-0.05, 0) is 17.4 Å². The van der Waals surface area contributed by atoms with Crippen LogP contribution in [0.25, 0.3) is 0 Å². The zero-order valence-corrected chi connectivity index (χ0v) is 11.3. The first-order valence-corrected chi connectivity index (χ1v) is 7.19. The van der Waals surface area contributed by atoms with E-state index in [1.165, 1.54) is 18.7 Å². The second-order valence-electron chi connectivity index (χ2n) is 5.77. The third-order valence-corrected chi connectivity index (χ3v) is 4.40. The predicted molar refractivity (Wildman–Crippen MR) is 78.1 cm³/mol. The molecule has 0 amide bonds. The van der Waals surface area contributed by atoms with E-state index in [0.717, 1.165) is 24.2 Å². The van der Waals surface area contributed by atoms with Crippen molar-refractivity contribution in [3.8, 4) is 0 Å². The molecule has 2 unspecified atom stereocenters. The molecule has 1 aromatic carbocycles. The number of hydrogen-bond acceptors (Lipinski definition) is 4. The summed E-state index contributed by atoms with van der Waals surface area (Å²) in [5.74, 6) is 2.46. The lowest BCUT2D eigenvalue weighted by Gasteiger charge is -2.20. The Morgan fingerprint density at radius 3 is 2.60 bits per heavy atom. The minimum Gasteiger partial charge on any atom is -0.365 e. The topological polar surface area (TPSA) is 41.0 Å². The van der Waals surface area contributed by atoms with Crippen LogP contribution < -0.4 is 5.32 Å². The minimum atomic E-state index is 0.596. The standard InChI is InChI=1S/C16H18N4/c1-2-4-12(5-3-1)9-20-10-13-14(11-20)16(13)19-15-8-17-6-7-18-15/h1-8,13-14,16H,9-11H2,(H,18,19). The summed E-state index contributed by atoms with van der Waals surface area (Å²) in [6.45, 7) is 3.46. The normalized spacial score (nSPS) is 28.1. The third-order valence-electron chi connectivity index (χ3n) is 4.40. The number of piperidine rings is 1. The quantitative estimate of drug-likeness (QED) is 0.919. The molecule has 2 aromatic rings. The van der Waals surface area contributed by atoms with Crippen molar-refractivity contribution in [2.24, 2.45) is 11.8 Å². The highest BCUT2D eigenvalue weighted by Gasteiger charge is 2.55. The highest BCUT2D eigenvalue weighted by molar-refractivity contribution is 5.36. The lowest BCUT2D eigenvalue weighted by atomic mass is 10.2. The molecule has 20 heavy (non-hydrogen) atoms. The van der Waals surface area contributed by atoms with Gasteiger partial charge in [-0.1, -0.05) is 30.3 Å². The van der Waals surface area contributed by atoms with Crippen molar-refractivity contribution in [2.75, 3.05) is 18.4 Å². The number of likely N-dealkylation sites (tertiary alicyclic amines) is 1. The predicted octanol–water partition coefficient (Wildman–Crippen LogP) is 2.02. The Kier molecular flexibility index (Phi) is 2.89. The van der Waals surface area contributed by atoms with Crippen molar-refractivity contribution in [3.05, 3.63) is 54.5 Å². The van der Waals surface area contributed by atoms with E-state index >= 15 is 0 Å². The third kappa shape index (κ3) is 2.27. The summed E-state index contributed by atoms with van der Waals surface area (Å²) in [5.41, 5.74) is 1.41. The van der Waals surface area contributed by atoms with Gasteiger partial charge in [0.2, 0.25) is 0 Å². The molecule has 0 bridgehead atoms. The average Bonchev–Trinajstić information content (AvgIpc) is 2.95. The Bertz CT molecular complexity index is 520. The van der Waals surface area contributed by atoms with E-state index in [1.807, 2.05) is 0 Å². The maximum absolute atomic E-state index is 4.29. The minimum absolute atomic E-state index is 0.596. The number of rotatable bonds is 4. The molecule has 2 heterocycles. The van der Waals surface area contributed by atoms with Crippen molar-refractivity contribution in [1.82, 2.24) is 14.9 Å². The van der Waals surface area contributed by atoms with Crippen molar-refractivity contribution < 1.29 is 0 Å². The Labute approximate surface area is 118 Å². The Morgan fingerprint density at radius 2 is 1.90 bits per heavy atom. The molecule has 2 fully saturated rings. The van der Waals surface area contributed by atoms with Gasteiger partial charge in [-0.2, -0.15) is 0 Å². The first-order chi connectivity index (χ1) is 9.90. The van der Waals surface area contributed by atoms with Gasteiger partial charge in [0.05, 0.1) is 6.20 Å². The first-order valence-electron chi connectivity index (χ1n) is 7.19. The molecule has 1 N–H and O–H groups in total. The molecule has 102 valence electrons. The second-order valence-corrected chi connectivity index (χ2v) is 5.77. The molecular weight excluding hydrogens is 248 g/mol. The molecular formula is C16H18N4. The molecule has 0 spiro atoms. The van der Waals surface area contributed by atoms with E-state index in [0.29, 0.717) is 6.04 Å². The van der Waals surface area contributed by atoms with Gasteiger partial charge in [0.15, 0.2) is 0 Å². The molecule has 0 radical (unpaired) electrons. The van der Waals surface area contributed by atoms with E-state index in [9.17, 15) is 0 Å². The molecule has 4 heteroatoms. The molecule has 4 rings (SSSR count). The highest BCUT2D eigenvalue weighted by Crippen LogP contribution is 2.47. The van der Waals surface area contributed by atoms with Crippen LogP contribution in [0.15, 0.2) is 48.9 Å². The van der Waals surface area contributed by atoms with Crippen LogP contribution in [0.1, 0.15) is 5.56 Å². The van der Waals surface area contributed by atoms with Gasteiger partial charge in [0.25, 0.3) is 0 Å². The van der Waals surface area contributed by atoms with Gasteiger partial charge in [-0.15, -0.1) is 0 Å². The van der Waals surface area contributed by atoms with Gasteiger partial charge in [-0.25, -0.2) is 4.98 Å². The Balaban J connectivity index is 1.31. The van der Waals surface area contributed by atoms with Gasteiger partial charge in [0, 0.05) is 38.1 Å². The fourth-order valence-corrected chi connectivity index (χ4v) is 3.34. The summed E-state index contributed by atoms with van der Waals surface area (Å²) >= 11 is 0. The van der Waals surface area contributed by atoms with Crippen molar-refractivity contribution in [1.29, 1.82) is 0 Å². The number of hydrogen-bond donors (Lipinski definition) is 1. The molecule has 2 atom stereocenters. The van der Waals surface area contributed by atoms with Crippen LogP contribution in [0.3, 0.4) is 0 Å². The zero-order chi connectivity index (χ0) is 13.4. The number of fused-ring (bicyclic) bond motifs is 1. The van der Waals surface area contributed by atoms with Crippen LogP contribution in [-0.4, -0.2) is 34.0 Å². The Hall–Kier alpha value is -1.94. The summed E-state index contributed by atoms with van der Waals surface area (Å²) in [5, 5.41) is 3.50. The number of nitrogens with zero attached hydrogens (tertiary/aromatic N) is 3. The van der Waals surface area contributed by atoms with E-state index in [-0.39, 0.29) is 0 Å². The van der Waals surface area contributed by atoms with Crippen molar-refractivity contribution in [3.63, 3.8) is 0 Å². The molecule has 1 aliphatic heterocycles. The van der Waals surface area contributed by atoms with Crippen LogP contribution in [-0.2, 0) is 6.54 Å². The van der Waals surface area contributed by atoms with E-state index in [2.05, 4.69) is 50.5 Å². The van der Waals surface area contributed by atoms with Crippen LogP contribution in [0, 0.1) is 11.8 Å². The maximum atomic E-state index is 4.29. The number of nitrogens with one attached hydrogen (secondary N) is 1. The highest BCUT2D eigenvalue weighted by atomic mass is 15.2. The van der Waals surface area contributed by atoms with Crippen molar-refractivity contribution >= 4 is 5.82 Å². The smallest absolute Gasteiger partial charge is 0.144 e. The van der Waals surface area contributed by atoms with Gasteiger partial charge in [-0.3, -0.25) is 9.88 Å². The van der Waals surface area contributed by atoms with E-state index in [4.69, 9.17) is 0 Å². The van der Waals surface area contributed by atoms with Gasteiger partial charge in [0.1, 0.15) is 5.82 Å². The average molecular weight is 266 g/mol. The summed E-state index contributed by atoms with van der Waals surface area (Å²) in [4.78, 5) is 10.9. The first kappa shape index (κ1) is 11.9. The number of benzene rings is 1. The molecule has 1 aromatic heterocycles. The zero-order valence-electron chi connectivity index (χ0n) is 11.3. The van der Waals surface area contributed by atoms with E-state index in [1.54, 1.807) is 18.6 Å². The maximum Gasteiger partial charge on any atom is 0.144 e. The van der Waals surface area contributed by atoms with Gasteiger partial charge < -0.3 is 5.32 Å². The van der Waals surface area contributed by atoms with Crippen molar-refractivity contribution in [2.45, 2.75) is 12.6 Å². The van der Waals surface area contributed by atoms with Gasteiger partial charge >= 0.3 is 0 Å². The molecule has 2 aliphatic rings. The molecule has 1 saturated heterocycles. The monoisotopic (exact) mass is 266 g/mol. The fraction of sp³-hybridized carbons (Fsp3) is 0.375. The van der Waals surface area contributed by atoms with Crippen LogP contribution in [0.5, 0.6) is 0 Å². The molecule has 4 nitrogen and oxygen atoms in total. The molecule has 1 saturated carbocycles.